The van der Waals surface area contributed by atoms with Crippen molar-refractivity contribution in [3.05, 3.63) is 64.3 Å². The van der Waals surface area contributed by atoms with E-state index in [1.165, 1.54) is 24.3 Å². The monoisotopic (exact) mass is 450 g/mol. The number of hydrogen-bond donors (Lipinski definition) is 2. The number of aromatic amines is 1. The smallest absolute Gasteiger partial charge is 0.338 e. The Morgan fingerprint density at radius 2 is 1.93 bits per heavy atom. The Balaban J connectivity index is 1.67. The van der Waals surface area contributed by atoms with Crippen LogP contribution in [0.2, 0.25) is 0 Å². The second-order valence-electron chi connectivity index (χ2n) is 5.87. The summed E-state index contributed by atoms with van der Waals surface area (Å²) < 4.78 is 30.8. The van der Waals surface area contributed by atoms with Crippen LogP contribution in [0.25, 0.3) is 10.9 Å². The molecular formula is C18H15BrN2O5S. The molecule has 0 unspecified atom stereocenters. The first kappa shape index (κ1) is 19.1. The number of esters is 1. The molecule has 0 amide bonds. The van der Waals surface area contributed by atoms with Gasteiger partial charge in [-0.05, 0) is 42.5 Å². The zero-order chi connectivity index (χ0) is 19.6. The molecule has 1 aromatic heterocycles. The lowest BCUT2D eigenvalue weighted by Crippen LogP contribution is -2.15. The summed E-state index contributed by atoms with van der Waals surface area (Å²) in [7, 11) is -3.46. The minimum atomic E-state index is -3.46. The highest BCUT2D eigenvalue weighted by Gasteiger charge is 2.15. The van der Waals surface area contributed by atoms with E-state index in [1.54, 1.807) is 6.07 Å². The Hall–Kier alpha value is -2.65. The number of ether oxygens (including phenoxy) is 1. The summed E-state index contributed by atoms with van der Waals surface area (Å²) in [6, 6.07) is 13.1. The van der Waals surface area contributed by atoms with E-state index in [0.717, 1.165) is 21.6 Å². The van der Waals surface area contributed by atoms with Gasteiger partial charge in [0.05, 0.1) is 17.5 Å². The zero-order valence-electron chi connectivity index (χ0n) is 14.2. The number of hydrogen-bond acceptors (Lipinski definition) is 5. The Labute approximate surface area is 163 Å². The van der Waals surface area contributed by atoms with Gasteiger partial charge in [-0.15, -0.1) is 0 Å². The number of ketones is 1. The van der Waals surface area contributed by atoms with Crippen molar-refractivity contribution in [2.24, 2.45) is 0 Å². The van der Waals surface area contributed by atoms with Crippen LogP contribution >= 0.6 is 15.9 Å². The number of nitrogens with one attached hydrogen (secondary N) is 2. The molecule has 0 bridgehead atoms. The topological polar surface area (TPSA) is 105 Å². The van der Waals surface area contributed by atoms with Gasteiger partial charge in [0, 0.05) is 21.1 Å². The zero-order valence-corrected chi connectivity index (χ0v) is 16.6. The van der Waals surface area contributed by atoms with Crippen molar-refractivity contribution in [3.63, 3.8) is 0 Å². The van der Waals surface area contributed by atoms with Gasteiger partial charge in [-0.2, -0.15) is 0 Å². The number of sulfonamides is 1. The summed E-state index contributed by atoms with van der Waals surface area (Å²) in [5, 5.41) is 0.860. The van der Waals surface area contributed by atoms with E-state index in [-0.39, 0.29) is 17.0 Å². The Bertz CT molecular complexity index is 1140. The molecule has 0 atom stereocenters. The summed E-state index contributed by atoms with van der Waals surface area (Å²) in [6.07, 6.45) is 1.01. The number of Topliss-reactive ketones (excluding diaryl/α,β-unsaturated/α-hetero) is 1. The normalized spacial score (nSPS) is 11.3. The third-order valence-electron chi connectivity index (χ3n) is 3.62. The molecule has 3 rings (SSSR count). The first-order valence-corrected chi connectivity index (χ1v) is 10.5. The van der Waals surface area contributed by atoms with Crippen LogP contribution in [0, 0.1) is 0 Å². The van der Waals surface area contributed by atoms with Crippen LogP contribution in [0.4, 0.5) is 5.69 Å². The molecule has 1 heterocycles. The summed E-state index contributed by atoms with van der Waals surface area (Å²) in [5.41, 5.74) is 1.51. The Morgan fingerprint density at radius 1 is 1.15 bits per heavy atom. The number of rotatable bonds is 6. The van der Waals surface area contributed by atoms with Crippen LogP contribution in [0.15, 0.2) is 53.0 Å². The fraction of sp³-hybridized carbons (Fsp3) is 0.111. The lowest BCUT2D eigenvalue weighted by atomic mass is 10.2. The first-order chi connectivity index (χ1) is 12.7. The van der Waals surface area contributed by atoms with Crippen molar-refractivity contribution in [1.82, 2.24) is 4.98 Å². The quantitative estimate of drug-likeness (QED) is 0.442. The number of anilines is 1. The molecule has 0 fully saturated rings. The molecule has 9 heteroatoms. The molecule has 0 aliphatic carbocycles. The molecule has 2 aromatic carbocycles. The maximum atomic E-state index is 12.3. The number of fused-ring (bicyclic) bond motifs is 1. The average molecular weight is 451 g/mol. The first-order valence-electron chi connectivity index (χ1n) is 7.78. The predicted molar refractivity (Wildman–Crippen MR) is 106 cm³/mol. The lowest BCUT2D eigenvalue weighted by molar-refractivity contribution is 0.0474. The highest BCUT2D eigenvalue weighted by Crippen LogP contribution is 2.21. The van der Waals surface area contributed by atoms with Gasteiger partial charge in [0.15, 0.2) is 6.61 Å². The fourth-order valence-corrected chi connectivity index (χ4v) is 3.40. The molecule has 0 saturated heterocycles. The van der Waals surface area contributed by atoms with E-state index in [1.807, 2.05) is 18.2 Å². The van der Waals surface area contributed by atoms with E-state index in [4.69, 9.17) is 4.74 Å². The molecule has 0 aliphatic rings. The van der Waals surface area contributed by atoms with Gasteiger partial charge in [0.1, 0.15) is 0 Å². The number of carbonyl (C=O) groups is 2. The molecule has 0 aliphatic heterocycles. The summed E-state index contributed by atoms with van der Waals surface area (Å²) >= 11 is 3.37. The van der Waals surface area contributed by atoms with E-state index >= 15 is 0 Å². The van der Waals surface area contributed by atoms with Crippen molar-refractivity contribution in [2.75, 3.05) is 17.6 Å². The van der Waals surface area contributed by atoms with Crippen molar-refractivity contribution >= 4 is 54.3 Å². The maximum Gasteiger partial charge on any atom is 0.338 e. The number of H-pyrrole nitrogens is 1. The molecule has 2 N–H and O–H groups in total. The van der Waals surface area contributed by atoms with Gasteiger partial charge in [-0.1, -0.05) is 22.0 Å². The van der Waals surface area contributed by atoms with Crippen molar-refractivity contribution < 1.29 is 22.7 Å². The van der Waals surface area contributed by atoms with Crippen molar-refractivity contribution in [3.8, 4) is 0 Å². The molecular weight excluding hydrogens is 436 g/mol. The molecule has 7 nitrogen and oxygen atoms in total. The summed E-state index contributed by atoms with van der Waals surface area (Å²) in [4.78, 5) is 27.4. The molecule has 0 saturated carbocycles. The highest BCUT2D eigenvalue weighted by atomic mass is 79.9. The molecule has 140 valence electrons. The Kier molecular flexibility index (Phi) is 5.33. The van der Waals surface area contributed by atoms with Crippen molar-refractivity contribution in [2.45, 2.75) is 0 Å². The molecule has 0 radical (unpaired) electrons. The van der Waals surface area contributed by atoms with Gasteiger partial charge in [-0.25, -0.2) is 13.2 Å². The van der Waals surface area contributed by atoms with Crippen LogP contribution < -0.4 is 4.72 Å². The lowest BCUT2D eigenvalue weighted by Gasteiger charge is -2.07. The van der Waals surface area contributed by atoms with Gasteiger partial charge in [0.25, 0.3) is 0 Å². The van der Waals surface area contributed by atoms with Gasteiger partial charge < -0.3 is 9.72 Å². The van der Waals surface area contributed by atoms with Crippen LogP contribution in [0.5, 0.6) is 0 Å². The maximum absolute atomic E-state index is 12.3. The fourth-order valence-electron chi connectivity index (χ4n) is 2.47. The predicted octanol–water partition coefficient (Wildman–Crippen LogP) is 3.34. The van der Waals surface area contributed by atoms with Crippen LogP contribution in [0.1, 0.15) is 20.8 Å². The highest BCUT2D eigenvalue weighted by molar-refractivity contribution is 9.10. The number of halogens is 1. The minimum absolute atomic E-state index is 0.136. The third-order valence-corrected chi connectivity index (χ3v) is 4.72. The van der Waals surface area contributed by atoms with Crippen LogP contribution in [-0.2, 0) is 14.8 Å². The van der Waals surface area contributed by atoms with Gasteiger partial charge in [0.2, 0.25) is 15.8 Å². The van der Waals surface area contributed by atoms with Crippen LogP contribution in [0.3, 0.4) is 0 Å². The third kappa shape index (κ3) is 4.95. The van der Waals surface area contributed by atoms with E-state index < -0.39 is 22.6 Å². The van der Waals surface area contributed by atoms with Gasteiger partial charge in [-0.3, -0.25) is 9.52 Å². The SMILES string of the molecule is CS(=O)(=O)Nc1cccc(C(=O)OCC(=O)c2cc3cc(Br)ccc3[nH]2)c1. The number of aromatic nitrogens is 1. The minimum Gasteiger partial charge on any atom is -0.454 e. The second-order valence-corrected chi connectivity index (χ2v) is 8.53. The Morgan fingerprint density at radius 3 is 2.67 bits per heavy atom. The van der Waals surface area contributed by atoms with Gasteiger partial charge >= 0.3 is 5.97 Å². The van der Waals surface area contributed by atoms with E-state index in [2.05, 4.69) is 25.6 Å². The van der Waals surface area contributed by atoms with E-state index in [9.17, 15) is 18.0 Å². The molecule has 3 aromatic rings. The van der Waals surface area contributed by atoms with Crippen LogP contribution in [-0.4, -0.2) is 38.0 Å². The standard InChI is InChI=1S/C18H15BrN2O5S/c1-27(24,25)21-14-4-2-3-11(8-14)18(23)26-10-17(22)16-9-12-7-13(19)5-6-15(12)20-16/h2-9,20-21H,10H2,1H3. The molecule has 0 spiro atoms. The number of benzene rings is 2. The van der Waals surface area contributed by atoms with E-state index in [0.29, 0.717) is 5.69 Å². The molecule has 27 heavy (non-hydrogen) atoms. The summed E-state index contributed by atoms with van der Waals surface area (Å²) in [6.45, 7) is -0.434. The van der Waals surface area contributed by atoms with Crippen molar-refractivity contribution in [1.29, 1.82) is 0 Å². The number of carbonyl (C=O) groups excluding carboxylic acids is 2. The largest absolute Gasteiger partial charge is 0.454 e. The average Bonchev–Trinajstić information content (AvgIpc) is 3.01. The second kappa shape index (κ2) is 7.53. The summed E-state index contributed by atoms with van der Waals surface area (Å²) in [5.74, 6) is -1.10.